The number of rotatable bonds is 2. The Balaban J connectivity index is 1.18. The first-order valence-electron chi connectivity index (χ1n) is 15.3. The molecule has 0 atom stereocenters. The highest BCUT2D eigenvalue weighted by Gasteiger charge is 2.37. The summed E-state index contributed by atoms with van der Waals surface area (Å²) >= 11 is 1.88. The van der Waals surface area contributed by atoms with E-state index >= 15 is 0 Å². The molecule has 44 heavy (non-hydrogen) atoms. The minimum atomic E-state index is -0.158. The van der Waals surface area contributed by atoms with Crippen molar-refractivity contribution in [3.8, 4) is 22.3 Å². The standard InChI is InChI=1S/C41H31NOS/c1-24-12-18-35-38(20-24)44-39-21-25(2)13-19-36(39)42(35)27-15-17-30-29-16-14-26(22-33(29)41(3,4)34(30)23-27)28-9-7-10-32-31-8-5-6-11-37(31)43-40(28)32/h5-23H,1-4H3. The molecule has 2 nitrogen and oxygen atoms in total. The van der Waals surface area contributed by atoms with Gasteiger partial charge in [-0.15, -0.1) is 0 Å². The van der Waals surface area contributed by atoms with Crippen LogP contribution in [-0.2, 0) is 5.41 Å². The average molecular weight is 586 g/mol. The molecule has 2 heterocycles. The summed E-state index contributed by atoms with van der Waals surface area (Å²) in [4.78, 5) is 5.05. The highest BCUT2D eigenvalue weighted by molar-refractivity contribution is 7.99. The molecule has 0 unspecified atom stereocenters. The molecule has 7 aromatic rings. The Bertz CT molecular complexity index is 2270. The van der Waals surface area contributed by atoms with Gasteiger partial charge in [-0.05, 0) is 101 Å². The van der Waals surface area contributed by atoms with Gasteiger partial charge >= 0.3 is 0 Å². The molecule has 1 aliphatic carbocycles. The van der Waals surface area contributed by atoms with Crippen LogP contribution < -0.4 is 4.90 Å². The van der Waals surface area contributed by atoms with Crippen molar-refractivity contribution in [3.05, 3.63) is 138 Å². The zero-order valence-corrected chi connectivity index (χ0v) is 26.0. The van der Waals surface area contributed by atoms with E-state index in [0.717, 1.165) is 27.5 Å². The van der Waals surface area contributed by atoms with E-state index in [2.05, 4.69) is 142 Å². The predicted octanol–water partition coefficient (Wildman–Crippen LogP) is 12.1. The lowest BCUT2D eigenvalue weighted by Gasteiger charge is -2.34. The molecule has 0 saturated carbocycles. The molecule has 9 rings (SSSR count). The average Bonchev–Trinajstić information content (AvgIpc) is 3.51. The van der Waals surface area contributed by atoms with Crippen molar-refractivity contribution in [3.63, 3.8) is 0 Å². The Morgan fingerprint density at radius 3 is 2.00 bits per heavy atom. The number of furan rings is 1. The third-order valence-electron chi connectivity index (χ3n) is 9.57. The molecule has 0 N–H and O–H groups in total. The van der Waals surface area contributed by atoms with Crippen LogP contribution in [0.3, 0.4) is 0 Å². The van der Waals surface area contributed by atoms with E-state index in [-0.39, 0.29) is 5.41 Å². The number of aryl methyl sites for hydroxylation is 2. The smallest absolute Gasteiger partial charge is 0.143 e. The minimum Gasteiger partial charge on any atom is -0.455 e. The largest absolute Gasteiger partial charge is 0.455 e. The van der Waals surface area contributed by atoms with Crippen LogP contribution in [0, 0.1) is 13.8 Å². The van der Waals surface area contributed by atoms with Crippen LogP contribution in [0.2, 0.25) is 0 Å². The van der Waals surface area contributed by atoms with Gasteiger partial charge in [-0.25, -0.2) is 0 Å². The molecule has 2 aliphatic rings. The number of anilines is 3. The van der Waals surface area contributed by atoms with E-state index in [4.69, 9.17) is 4.42 Å². The Labute approximate surface area is 262 Å². The number of para-hydroxylation sites is 2. The Morgan fingerprint density at radius 2 is 1.25 bits per heavy atom. The number of hydrogen-bond acceptors (Lipinski definition) is 3. The van der Waals surface area contributed by atoms with Crippen LogP contribution >= 0.6 is 11.8 Å². The summed E-state index contributed by atoms with van der Waals surface area (Å²) in [7, 11) is 0. The summed E-state index contributed by atoms with van der Waals surface area (Å²) in [6, 6.07) is 42.5. The van der Waals surface area contributed by atoms with Crippen LogP contribution in [0.1, 0.15) is 36.1 Å². The second-order valence-corrected chi connectivity index (χ2v) is 13.9. The maximum absolute atomic E-state index is 6.42. The van der Waals surface area contributed by atoms with Gasteiger partial charge in [0.05, 0.1) is 11.4 Å². The van der Waals surface area contributed by atoms with Crippen LogP contribution in [0.4, 0.5) is 17.1 Å². The maximum atomic E-state index is 6.42. The topological polar surface area (TPSA) is 16.4 Å². The molecule has 0 bridgehead atoms. The van der Waals surface area contributed by atoms with Crippen LogP contribution in [0.15, 0.2) is 129 Å². The van der Waals surface area contributed by atoms with E-state index in [0.29, 0.717) is 0 Å². The Kier molecular flexibility index (Phi) is 5.35. The lowest BCUT2D eigenvalue weighted by atomic mass is 9.81. The van der Waals surface area contributed by atoms with Gasteiger partial charge in [0.1, 0.15) is 11.2 Å². The highest BCUT2D eigenvalue weighted by atomic mass is 32.2. The second-order valence-electron chi connectivity index (χ2n) is 12.8. The van der Waals surface area contributed by atoms with E-state index < -0.39 is 0 Å². The van der Waals surface area contributed by atoms with E-state index in [1.165, 1.54) is 65.8 Å². The van der Waals surface area contributed by atoms with Crippen molar-refractivity contribution in [2.45, 2.75) is 42.9 Å². The van der Waals surface area contributed by atoms with E-state index in [1.54, 1.807) is 0 Å². The molecule has 0 amide bonds. The zero-order chi connectivity index (χ0) is 29.7. The van der Waals surface area contributed by atoms with E-state index in [1.807, 2.05) is 17.8 Å². The third kappa shape index (κ3) is 3.63. The van der Waals surface area contributed by atoms with E-state index in [9.17, 15) is 0 Å². The quantitative estimate of drug-likeness (QED) is 0.201. The van der Waals surface area contributed by atoms with Crippen molar-refractivity contribution in [2.75, 3.05) is 4.90 Å². The number of benzene rings is 6. The van der Waals surface area contributed by atoms with Crippen molar-refractivity contribution in [2.24, 2.45) is 0 Å². The van der Waals surface area contributed by atoms with Crippen LogP contribution in [-0.4, -0.2) is 0 Å². The Morgan fingerprint density at radius 1 is 0.591 bits per heavy atom. The van der Waals surface area contributed by atoms with Crippen molar-refractivity contribution < 1.29 is 4.42 Å². The highest BCUT2D eigenvalue weighted by Crippen LogP contribution is 2.55. The van der Waals surface area contributed by atoms with Gasteiger partial charge in [0.15, 0.2) is 0 Å². The molecule has 0 saturated heterocycles. The molecule has 212 valence electrons. The van der Waals surface area contributed by atoms with Gasteiger partial charge in [-0.1, -0.05) is 92.3 Å². The fourth-order valence-corrected chi connectivity index (χ4v) is 8.56. The van der Waals surface area contributed by atoms with Crippen molar-refractivity contribution in [1.29, 1.82) is 0 Å². The number of hydrogen-bond donors (Lipinski definition) is 0. The molecule has 0 fully saturated rings. The fraction of sp³-hybridized carbons (Fsp3) is 0.122. The Hall–Kier alpha value is -4.73. The molecular formula is C41H31NOS. The fourth-order valence-electron chi connectivity index (χ4n) is 7.31. The molecule has 1 aromatic heterocycles. The summed E-state index contributed by atoms with van der Waals surface area (Å²) in [5, 5.41) is 2.33. The van der Waals surface area contributed by atoms with Gasteiger partial charge in [0.25, 0.3) is 0 Å². The van der Waals surface area contributed by atoms with Crippen molar-refractivity contribution in [1.82, 2.24) is 0 Å². The molecule has 1 aliphatic heterocycles. The molecule has 0 radical (unpaired) electrons. The summed E-state index contributed by atoms with van der Waals surface area (Å²) < 4.78 is 6.42. The molecule has 6 aromatic carbocycles. The normalized spacial score (nSPS) is 14.4. The number of nitrogens with zero attached hydrogens (tertiary/aromatic N) is 1. The third-order valence-corrected chi connectivity index (χ3v) is 10.7. The van der Waals surface area contributed by atoms with Gasteiger partial charge in [-0.3, -0.25) is 0 Å². The van der Waals surface area contributed by atoms with Gasteiger partial charge in [0, 0.05) is 37.2 Å². The molecule has 0 spiro atoms. The van der Waals surface area contributed by atoms with Crippen LogP contribution in [0.25, 0.3) is 44.2 Å². The number of fused-ring (bicyclic) bond motifs is 8. The maximum Gasteiger partial charge on any atom is 0.143 e. The second kappa shape index (κ2) is 9.14. The summed E-state index contributed by atoms with van der Waals surface area (Å²) in [6.07, 6.45) is 0. The lowest BCUT2D eigenvalue weighted by molar-refractivity contribution is 0.660. The van der Waals surface area contributed by atoms with Gasteiger partial charge in [-0.2, -0.15) is 0 Å². The first-order valence-corrected chi connectivity index (χ1v) is 16.1. The van der Waals surface area contributed by atoms with Gasteiger partial charge in [0.2, 0.25) is 0 Å². The monoisotopic (exact) mass is 585 g/mol. The first-order chi connectivity index (χ1) is 21.4. The summed E-state index contributed by atoms with van der Waals surface area (Å²) in [5.41, 5.74) is 15.7. The van der Waals surface area contributed by atoms with Crippen LogP contribution in [0.5, 0.6) is 0 Å². The predicted molar refractivity (Wildman–Crippen MR) is 185 cm³/mol. The summed E-state index contributed by atoms with van der Waals surface area (Å²) in [6.45, 7) is 9.09. The molecular weight excluding hydrogens is 555 g/mol. The van der Waals surface area contributed by atoms with Crippen molar-refractivity contribution >= 4 is 50.8 Å². The van der Waals surface area contributed by atoms with Gasteiger partial charge < -0.3 is 9.32 Å². The first kappa shape index (κ1) is 25.7. The SMILES string of the molecule is Cc1ccc2c(c1)Sc1cc(C)ccc1N2c1ccc2c(c1)C(C)(C)c1cc(-c3cccc4c3oc3ccccc34)ccc1-2. The molecule has 3 heteroatoms. The minimum absolute atomic E-state index is 0.158. The summed E-state index contributed by atoms with van der Waals surface area (Å²) in [5.74, 6) is 0. The zero-order valence-electron chi connectivity index (χ0n) is 25.2. The lowest BCUT2D eigenvalue weighted by Crippen LogP contribution is -2.18.